The van der Waals surface area contributed by atoms with Crippen LogP contribution in [-0.4, -0.2) is 10.9 Å². The van der Waals surface area contributed by atoms with Crippen molar-refractivity contribution in [2.45, 2.75) is 6.18 Å². The highest BCUT2D eigenvalue weighted by atomic mass is 19.4. The van der Waals surface area contributed by atoms with E-state index in [9.17, 15) is 18.0 Å². The fourth-order valence-electron chi connectivity index (χ4n) is 1.32. The Labute approximate surface area is 99.2 Å². The molecular formula is C11H7F3N2O2. The van der Waals surface area contributed by atoms with Crippen LogP contribution >= 0.6 is 0 Å². The van der Waals surface area contributed by atoms with Crippen LogP contribution in [0.15, 0.2) is 34.9 Å². The second kappa shape index (κ2) is 4.17. The summed E-state index contributed by atoms with van der Waals surface area (Å²) in [5.41, 5.74) is 4.46. The van der Waals surface area contributed by atoms with Gasteiger partial charge in [-0.1, -0.05) is 0 Å². The van der Waals surface area contributed by atoms with Gasteiger partial charge in [-0.3, -0.25) is 4.79 Å². The molecule has 0 aliphatic heterocycles. The lowest BCUT2D eigenvalue weighted by atomic mass is 10.1. The third-order valence-electron chi connectivity index (χ3n) is 2.22. The van der Waals surface area contributed by atoms with Crippen molar-refractivity contribution in [2.24, 2.45) is 5.73 Å². The van der Waals surface area contributed by atoms with Crippen molar-refractivity contribution in [3.8, 4) is 11.5 Å². The number of rotatable bonds is 2. The Hall–Kier alpha value is -2.31. The zero-order valence-electron chi connectivity index (χ0n) is 8.86. The van der Waals surface area contributed by atoms with Crippen LogP contribution in [0.4, 0.5) is 13.2 Å². The molecule has 0 spiro atoms. The van der Waals surface area contributed by atoms with E-state index in [4.69, 9.17) is 10.2 Å². The first-order chi connectivity index (χ1) is 8.38. The van der Waals surface area contributed by atoms with Crippen LogP contribution in [0.25, 0.3) is 11.5 Å². The maximum absolute atomic E-state index is 12.3. The topological polar surface area (TPSA) is 69.1 Å². The van der Waals surface area contributed by atoms with Gasteiger partial charge in [0.1, 0.15) is 6.26 Å². The molecule has 1 heterocycles. The van der Waals surface area contributed by atoms with Gasteiger partial charge < -0.3 is 10.2 Å². The molecule has 94 valence electrons. The van der Waals surface area contributed by atoms with Crippen molar-refractivity contribution in [1.82, 2.24) is 4.98 Å². The fourth-order valence-corrected chi connectivity index (χ4v) is 1.32. The van der Waals surface area contributed by atoms with Crippen LogP contribution in [0.3, 0.4) is 0 Å². The molecule has 0 saturated heterocycles. The number of hydrogen-bond donors (Lipinski definition) is 1. The van der Waals surface area contributed by atoms with Crippen molar-refractivity contribution in [3.63, 3.8) is 0 Å². The van der Waals surface area contributed by atoms with Crippen LogP contribution in [0, 0.1) is 0 Å². The number of alkyl halides is 3. The quantitative estimate of drug-likeness (QED) is 0.897. The predicted octanol–water partition coefficient (Wildman–Crippen LogP) is 2.46. The normalized spacial score (nSPS) is 11.5. The Bertz CT molecular complexity index is 573. The van der Waals surface area contributed by atoms with Crippen molar-refractivity contribution >= 4 is 5.91 Å². The average molecular weight is 256 g/mol. The SMILES string of the molecule is NC(=O)c1coc(-c2ccc(C(F)(F)F)cc2)n1. The third-order valence-corrected chi connectivity index (χ3v) is 2.22. The number of nitrogens with zero attached hydrogens (tertiary/aromatic N) is 1. The molecule has 1 amide bonds. The standard InChI is InChI=1S/C11H7F3N2O2/c12-11(13,14)7-3-1-6(2-4-7)10-16-8(5-18-10)9(15)17/h1-5H,(H2,15,17). The van der Waals surface area contributed by atoms with Crippen LogP contribution in [0.1, 0.15) is 16.1 Å². The smallest absolute Gasteiger partial charge is 0.416 e. The summed E-state index contributed by atoms with van der Waals surface area (Å²) in [6, 6.07) is 4.23. The molecule has 0 aliphatic carbocycles. The molecule has 2 aromatic rings. The highest BCUT2D eigenvalue weighted by Gasteiger charge is 2.30. The molecule has 0 unspecified atom stereocenters. The summed E-state index contributed by atoms with van der Waals surface area (Å²) in [4.78, 5) is 14.5. The minimum atomic E-state index is -4.40. The summed E-state index contributed by atoms with van der Waals surface area (Å²) >= 11 is 0. The number of hydrogen-bond acceptors (Lipinski definition) is 3. The first-order valence-corrected chi connectivity index (χ1v) is 4.81. The molecule has 2 rings (SSSR count). The number of halogens is 3. The van der Waals surface area contributed by atoms with E-state index >= 15 is 0 Å². The first kappa shape index (κ1) is 12.2. The van der Waals surface area contributed by atoms with E-state index in [1.165, 1.54) is 12.1 Å². The number of primary amides is 1. The Morgan fingerprint density at radius 2 is 1.83 bits per heavy atom. The monoisotopic (exact) mass is 256 g/mol. The second-order valence-corrected chi connectivity index (χ2v) is 3.48. The third kappa shape index (κ3) is 2.34. The van der Waals surface area contributed by atoms with Crippen LogP contribution in [0.5, 0.6) is 0 Å². The number of nitrogens with two attached hydrogens (primary N) is 1. The number of oxazole rings is 1. The summed E-state index contributed by atoms with van der Waals surface area (Å²) in [6.45, 7) is 0. The van der Waals surface area contributed by atoms with Gasteiger partial charge in [-0.2, -0.15) is 13.2 Å². The first-order valence-electron chi connectivity index (χ1n) is 4.81. The predicted molar refractivity (Wildman–Crippen MR) is 55.5 cm³/mol. The zero-order valence-corrected chi connectivity index (χ0v) is 8.86. The fraction of sp³-hybridized carbons (Fsp3) is 0.0909. The minimum absolute atomic E-state index is 0.0394. The van der Waals surface area contributed by atoms with Crippen molar-refractivity contribution in [2.75, 3.05) is 0 Å². The summed E-state index contributed by atoms with van der Waals surface area (Å²) in [5, 5.41) is 0. The molecule has 4 nitrogen and oxygen atoms in total. The summed E-state index contributed by atoms with van der Waals surface area (Å²) in [6.07, 6.45) is -3.34. The van der Waals surface area contributed by atoms with Crippen LogP contribution in [0.2, 0.25) is 0 Å². The molecule has 0 aliphatic rings. The highest BCUT2D eigenvalue weighted by molar-refractivity contribution is 5.90. The van der Waals surface area contributed by atoms with Crippen molar-refractivity contribution in [3.05, 3.63) is 41.8 Å². The van der Waals surface area contributed by atoms with E-state index in [-0.39, 0.29) is 11.6 Å². The van der Waals surface area contributed by atoms with Gasteiger partial charge in [-0.05, 0) is 24.3 Å². The Morgan fingerprint density at radius 1 is 1.22 bits per heavy atom. The number of carbonyl (C=O) groups is 1. The van der Waals surface area contributed by atoms with Gasteiger partial charge in [0, 0.05) is 5.56 Å². The Balaban J connectivity index is 2.31. The molecule has 7 heteroatoms. The van der Waals surface area contributed by atoms with E-state index < -0.39 is 17.6 Å². The number of carbonyl (C=O) groups excluding carboxylic acids is 1. The lowest BCUT2D eigenvalue weighted by molar-refractivity contribution is -0.137. The highest BCUT2D eigenvalue weighted by Crippen LogP contribution is 2.30. The molecule has 1 aromatic heterocycles. The van der Waals surface area contributed by atoms with Crippen LogP contribution in [-0.2, 0) is 6.18 Å². The summed E-state index contributed by atoms with van der Waals surface area (Å²) in [7, 11) is 0. The van der Waals surface area contributed by atoms with Crippen molar-refractivity contribution < 1.29 is 22.4 Å². The molecule has 0 bridgehead atoms. The van der Waals surface area contributed by atoms with E-state index in [2.05, 4.69) is 4.98 Å². The second-order valence-electron chi connectivity index (χ2n) is 3.48. The van der Waals surface area contributed by atoms with E-state index in [0.29, 0.717) is 5.56 Å². The number of aromatic nitrogens is 1. The summed E-state index contributed by atoms with van der Waals surface area (Å²) in [5.74, 6) is -0.727. The molecule has 1 aromatic carbocycles. The molecule has 2 N–H and O–H groups in total. The Morgan fingerprint density at radius 3 is 2.28 bits per heavy atom. The molecule has 0 radical (unpaired) electrons. The van der Waals surface area contributed by atoms with Gasteiger partial charge in [0.25, 0.3) is 5.91 Å². The van der Waals surface area contributed by atoms with Gasteiger partial charge in [-0.25, -0.2) is 4.98 Å². The van der Waals surface area contributed by atoms with Gasteiger partial charge in [0.05, 0.1) is 5.56 Å². The number of amides is 1. The lowest BCUT2D eigenvalue weighted by Crippen LogP contribution is -2.10. The average Bonchev–Trinajstić information content (AvgIpc) is 2.77. The zero-order chi connectivity index (χ0) is 13.3. The summed E-state index contributed by atoms with van der Waals surface area (Å²) < 4.78 is 41.9. The van der Waals surface area contributed by atoms with Gasteiger partial charge in [0.2, 0.25) is 5.89 Å². The molecular weight excluding hydrogens is 249 g/mol. The largest absolute Gasteiger partial charge is 0.444 e. The molecule has 18 heavy (non-hydrogen) atoms. The maximum atomic E-state index is 12.3. The molecule has 0 fully saturated rings. The lowest BCUT2D eigenvalue weighted by Gasteiger charge is -2.05. The van der Waals surface area contributed by atoms with Gasteiger partial charge in [0.15, 0.2) is 5.69 Å². The minimum Gasteiger partial charge on any atom is -0.444 e. The molecule has 0 atom stereocenters. The van der Waals surface area contributed by atoms with E-state index in [1.807, 2.05) is 0 Å². The maximum Gasteiger partial charge on any atom is 0.416 e. The van der Waals surface area contributed by atoms with E-state index in [0.717, 1.165) is 18.4 Å². The molecule has 0 saturated carbocycles. The Kier molecular flexibility index (Phi) is 2.82. The van der Waals surface area contributed by atoms with Gasteiger partial charge >= 0.3 is 6.18 Å². The van der Waals surface area contributed by atoms with Gasteiger partial charge in [-0.15, -0.1) is 0 Å². The van der Waals surface area contributed by atoms with Crippen molar-refractivity contribution in [1.29, 1.82) is 0 Å². The van der Waals surface area contributed by atoms with Crippen LogP contribution < -0.4 is 5.73 Å². The number of benzene rings is 1. The van der Waals surface area contributed by atoms with E-state index in [1.54, 1.807) is 0 Å².